The van der Waals surface area contributed by atoms with Gasteiger partial charge in [0.05, 0.1) is 5.69 Å². The predicted molar refractivity (Wildman–Crippen MR) is 83.7 cm³/mol. The number of benzene rings is 1. The Kier molecular flexibility index (Phi) is 5.84. The average Bonchev–Trinajstić information content (AvgIpc) is 2.89. The molecule has 1 aliphatic carbocycles. The summed E-state index contributed by atoms with van der Waals surface area (Å²) in [6.07, 6.45) is 5.09. The first-order valence-corrected chi connectivity index (χ1v) is 7.99. The molecule has 1 aliphatic rings. The quantitative estimate of drug-likeness (QED) is 0.815. The second kappa shape index (κ2) is 7.63. The summed E-state index contributed by atoms with van der Waals surface area (Å²) in [7, 11) is 0. The van der Waals surface area contributed by atoms with E-state index in [1.807, 2.05) is 12.1 Å². The lowest BCUT2D eigenvalue weighted by molar-refractivity contribution is 0.386. The lowest BCUT2D eigenvalue weighted by atomic mass is 9.99. The van der Waals surface area contributed by atoms with Gasteiger partial charge in [0.1, 0.15) is 5.82 Å². The van der Waals surface area contributed by atoms with Crippen molar-refractivity contribution in [2.45, 2.75) is 45.6 Å². The van der Waals surface area contributed by atoms with Crippen LogP contribution < -0.4 is 10.2 Å². The number of nitrogens with one attached hydrogen (secondary N) is 1. The fourth-order valence-corrected chi connectivity index (χ4v) is 3.39. The molecule has 2 unspecified atom stereocenters. The summed E-state index contributed by atoms with van der Waals surface area (Å²) in [5.41, 5.74) is 0.744. The third-order valence-corrected chi connectivity index (χ3v) is 4.47. The Balaban J connectivity index is 1.92. The summed E-state index contributed by atoms with van der Waals surface area (Å²) in [5.74, 6) is 0.639. The molecule has 1 aromatic rings. The van der Waals surface area contributed by atoms with Crippen LogP contribution in [0.2, 0.25) is 0 Å². The highest BCUT2D eigenvalue weighted by Crippen LogP contribution is 2.29. The molecular weight excluding hydrogens is 251 g/mol. The van der Waals surface area contributed by atoms with E-state index in [0.29, 0.717) is 6.04 Å². The summed E-state index contributed by atoms with van der Waals surface area (Å²) >= 11 is 0. The summed E-state index contributed by atoms with van der Waals surface area (Å²) in [5, 5.41) is 3.59. The molecule has 2 nitrogen and oxygen atoms in total. The highest BCUT2D eigenvalue weighted by atomic mass is 19.1. The molecule has 1 aromatic carbocycles. The van der Waals surface area contributed by atoms with E-state index in [9.17, 15) is 4.39 Å². The second-order valence-electron chi connectivity index (χ2n) is 5.67. The van der Waals surface area contributed by atoms with Crippen molar-refractivity contribution >= 4 is 5.69 Å². The van der Waals surface area contributed by atoms with Crippen molar-refractivity contribution in [1.82, 2.24) is 5.32 Å². The summed E-state index contributed by atoms with van der Waals surface area (Å²) in [4.78, 5) is 2.16. The first-order valence-electron chi connectivity index (χ1n) is 7.99. The van der Waals surface area contributed by atoms with Gasteiger partial charge < -0.3 is 10.2 Å². The van der Waals surface area contributed by atoms with E-state index in [1.54, 1.807) is 12.1 Å². The van der Waals surface area contributed by atoms with Crippen molar-refractivity contribution in [2.24, 2.45) is 5.92 Å². The molecule has 1 saturated carbocycles. The Morgan fingerprint density at radius 3 is 2.75 bits per heavy atom. The van der Waals surface area contributed by atoms with Gasteiger partial charge in [0.2, 0.25) is 0 Å². The maximum absolute atomic E-state index is 13.9. The molecule has 3 heteroatoms. The molecule has 0 aromatic heterocycles. The minimum Gasteiger partial charge on any atom is -0.369 e. The number of hydrogen-bond acceptors (Lipinski definition) is 2. The summed E-state index contributed by atoms with van der Waals surface area (Å²) in [6.45, 7) is 7.13. The van der Waals surface area contributed by atoms with Crippen molar-refractivity contribution < 1.29 is 4.39 Å². The Bertz CT molecular complexity index is 408. The maximum atomic E-state index is 13.9. The number of rotatable bonds is 7. The zero-order valence-electron chi connectivity index (χ0n) is 12.7. The molecule has 0 saturated heterocycles. The van der Waals surface area contributed by atoms with Gasteiger partial charge in [-0.1, -0.05) is 25.5 Å². The van der Waals surface area contributed by atoms with E-state index in [4.69, 9.17) is 0 Å². The SMILES string of the molecule is CCNC1CCCC1CCN(CC)c1ccccc1F. The fraction of sp³-hybridized carbons (Fsp3) is 0.647. The Labute approximate surface area is 122 Å². The first kappa shape index (κ1) is 15.3. The van der Waals surface area contributed by atoms with E-state index in [1.165, 1.54) is 19.3 Å². The van der Waals surface area contributed by atoms with Crippen molar-refractivity contribution in [2.75, 3.05) is 24.5 Å². The Morgan fingerprint density at radius 2 is 2.05 bits per heavy atom. The van der Waals surface area contributed by atoms with E-state index in [0.717, 1.165) is 37.7 Å². The van der Waals surface area contributed by atoms with Gasteiger partial charge in [-0.3, -0.25) is 0 Å². The van der Waals surface area contributed by atoms with E-state index in [2.05, 4.69) is 24.1 Å². The summed E-state index contributed by atoms with van der Waals surface area (Å²) in [6, 6.07) is 7.77. The largest absolute Gasteiger partial charge is 0.369 e. The van der Waals surface area contributed by atoms with Crippen LogP contribution in [0.25, 0.3) is 0 Å². The van der Waals surface area contributed by atoms with Crippen LogP contribution in [0.3, 0.4) is 0 Å². The predicted octanol–water partition coefficient (Wildman–Crippen LogP) is 3.82. The number of para-hydroxylation sites is 1. The van der Waals surface area contributed by atoms with Crippen molar-refractivity contribution in [3.05, 3.63) is 30.1 Å². The molecule has 0 bridgehead atoms. The van der Waals surface area contributed by atoms with Crippen LogP contribution in [-0.4, -0.2) is 25.7 Å². The molecule has 0 aliphatic heterocycles. The van der Waals surface area contributed by atoms with Gasteiger partial charge in [0, 0.05) is 19.1 Å². The van der Waals surface area contributed by atoms with Crippen LogP contribution in [0.4, 0.5) is 10.1 Å². The smallest absolute Gasteiger partial charge is 0.146 e. The minimum absolute atomic E-state index is 0.107. The van der Waals surface area contributed by atoms with Crippen LogP contribution in [0.5, 0.6) is 0 Å². The standard InChI is InChI=1S/C17H27FN2/c1-3-19-16-10-7-8-14(16)12-13-20(4-2)17-11-6-5-9-15(17)18/h5-6,9,11,14,16,19H,3-4,7-8,10,12-13H2,1-2H3. The molecule has 2 rings (SSSR count). The van der Waals surface area contributed by atoms with Gasteiger partial charge in [0.25, 0.3) is 0 Å². The van der Waals surface area contributed by atoms with Crippen molar-refractivity contribution in [1.29, 1.82) is 0 Å². The molecule has 0 amide bonds. The van der Waals surface area contributed by atoms with Gasteiger partial charge in [0.15, 0.2) is 0 Å². The van der Waals surface area contributed by atoms with Crippen LogP contribution in [0.1, 0.15) is 39.5 Å². The average molecular weight is 278 g/mol. The lowest BCUT2D eigenvalue weighted by Crippen LogP contribution is -2.35. The zero-order valence-corrected chi connectivity index (χ0v) is 12.7. The third-order valence-electron chi connectivity index (χ3n) is 4.47. The normalized spacial score (nSPS) is 22.1. The molecule has 0 heterocycles. The molecule has 1 N–H and O–H groups in total. The molecule has 20 heavy (non-hydrogen) atoms. The topological polar surface area (TPSA) is 15.3 Å². The van der Waals surface area contributed by atoms with Gasteiger partial charge in [-0.25, -0.2) is 4.39 Å². The first-order chi connectivity index (χ1) is 9.76. The molecule has 0 radical (unpaired) electrons. The number of anilines is 1. The van der Waals surface area contributed by atoms with Crippen molar-refractivity contribution in [3.63, 3.8) is 0 Å². The van der Waals surface area contributed by atoms with Gasteiger partial charge in [-0.2, -0.15) is 0 Å². The minimum atomic E-state index is -0.107. The third kappa shape index (κ3) is 3.72. The summed E-state index contributed by atoms with van der Waals surface area (Å²) < 4.78 is 13.9. The van der Waals surface area contributed by atoms with Crippen LogP contribution in [0, 0.1) is 11.7 Å². The maximum Gasteiger partial charge on any atom is 0.146 e. The molecule has 2 atom stereocenters. The fourth-order valence-electron chi connectivity index (χ4n) is 3.39. The Hall–Kier alpha value is -1.09. The Morgan fingerprint density at radius 1 is 1.25 bits per heavy atom. The lowest BCUT2D eigenvalue weighted by Gasteiger charge is -2.27. The monoisotopic (exact) mass is 278 g/mol. The van der Waals surface area contributed by atoms with Crippen LogP contribution in [0.15, 0.2) is 24.3 Å². The van der Waals surface area contributed by atoms with E-state index < -0.39 is 0 Å². The van der Waals surface area contributed by atoms with Crippen molar-refractivity contribution in [3.8, 4) is 0 Å². The van der Waals surface area contributed by atoms with Gasteiger partial charge >= 0.3 is 0 Å². The number of nitrogens with zero attached hydrogens (tertiary/aromatic N) is 1. The van der Waals surface area contributed by atoms with Crippen LogP contribution >= 0.6 is 0 Å². The van der Waals surface area contributed by atoms with Crippen LogP contribution in [-0.2, 0) is 0 Å². The highest BCUT2D eigenvalue weighted by molar-refractivity contribution is 5.47. The van der Waals surface area contributed by atoms with Gasteiger partial charge in [-0.15, -0.1) is 0 Å². The number of hydrogen-bond donors (Lipinski definition) is 1. The second-order valence-corrected chi connectivity index (χ2v) is 5.67. The molecular formula is C17H27FN2. The number of halogens is 1. The molecule has 0 spiro atoms. The van der Waals surface area contributed by atoms with E-state index >= 15 is 0 Å². The molecule has 1 fully saturated rings. The zero-order chi connectivity index (χ0) is 14.4. The van der Waals surface area contributed by atoms with E-state index in [-0.39, 0.29) is 5.82 Å². The van der Waals surface area contributed by atoms with Gasteiger partial charge in [-0.05, 0) is 50.8 Å². The molecule has 112 valence electrons. The highest BCUT2D eigenvalue weighted by Gasteiger charge is 2.26.